The molecule has 0 aliphatic rings. The lowest BCUT2D eigenvalue weighted by molar-refractivity contribution is 0.0729. The van der Waals surface area contributed by atoms with Gasteiger partial charge in [-0.2, -0.15) is 5.10 Å². The molecule has 0 saturated heterocycles. The summed E-state index contributed by atoms with van der Waals surface area (Å²) in [7, 11) is 1.44. The fourth-order valence-corrected chi connectivity index (χ4v) is 2.52. The molecule has 0 heterocycles. The van der Waals surface area contributed by atoms with E-state index in [1.807, 2.05) is 0 Å². The molecule has 30 heavy (non-hydrogen) atoms. The summed E-state index contributed by atoms with van der Waals surface area (Å²) in [6, 6.07) is 16.9. The minimum absolute atomic E-state index is 0.0364. The Hall–Kier alpha value is -4.33. The zero-order chi connectivity index (χ0) is 21.5. The smallest absolute Gasteiger partial charge is 0.343 e. The van der Waals surface area contributed by atoms with Crippen molar-refractivity contribution >= 4 is 18.1 Å². The Morgan fingerprint density at radius 3 is 2.43 bits per heavy atom. The van der Waals surface area contributed by atoms with Crippen molar-refractivity contribution < 1.29 is 29.3 Å². The van der Waals surface area contributed by atoms with Crippen LogP contribution < -0.4 is 14.9 Å². The maximum Gasteiger partial charge on any atom is 0.343 e. The molecule has 3 N–H and O–H groups in total. The molecule has 0 saturated carbocycles. The molecule has 3 aromatic rings. The fraction of sp³-hybridized carbons (Fsp3) is 0.0455. The number of nitrogens with zero attached hydrogens (tertiary/aromatic N) is 1. The summed E-state index contributed by atoms with van der Waals surface area (Å²) in [4.78, 5) is 24.3. The highest BCUT2D eigenvalue weighted by molar-refractivity contribution is 5.97. The van der Waals surface area contributed by atoms with Gasteiger partial charge < -0.3 is 19.7 Å². The number of esters is 1. The van der Waals surface area contributed by atoms with Gasteiger partial charge in [0.2, 0.25) is 0 Å². The molecule has 0 atom stereocenters. The van der Waals surface area contributed by atoms with Crippen LogP contribution in [0.3, 0.4) is 0 Å². The van der Waals surface area contributed by atoms with Gasteiger partial charge in [0.1, 0.15) is 11.5 Å². The van der Waals surface area contributed by atoms with Crippen molar-refractivity contribution in [3.63, 3.8) is 0 Å². The van der Waals surface area contributed by atoms with Crippen LogP contribution in [0.2, 0.25) is 0 Å². The van der Waals surface area contributed by atoms with E-state index in [0.29, 0.717) is 16.9 Å². The van der Waals surface area contributed by atoms with Crippen molar-refractivity contribution in [3.05, 3.63) is 83.4 Å². The van der Waals surface area contributed by atoms with Gasteiger partial charge in [-0.3, -0.25) is 4.79 Å². The van der Waals surface area contributed by atoms with Crippen molar-refractivity contribution in [2.75, 3.05) is 7.11 Å². The Balaban J connectivity index is 1.68. The number of benzene rings is 3. The SMILES string of the molecule is COc1cc(/C=N\NC(=O)c2ccc(O)cc2O)ccc1OC(=O)c1ccccc1. The van der Waals surface area contributed by atoms with E-state index < -0.39 is 11.9 Å². The Morgan fingerprint density at radius 1 is 0.967 bits per heavy atom. The zero-order valence-corrected chi connectivity index (χ0v) is 15.9. The summed E-state index contributed by atoms with van der Waals surface area (Å²) in [6.07, 6.45) is 1.36. The van der Waals surface area contributed by atoms with Crippen molar-refractivity contribution in [3.8, 4) is 23.0 Å². The number of rotatable bonds is 6. The standard InChI is InChI=1S/C22H18N2O6/c1-29-20-11-14(7-10-19(20)30-22(28)15-5-3-2-4-6-15)13-23-24-21(27)17-9-8-16(25)12-18(17)26/h2-13,25-26H,1H3,(H,24,27)/b23-13-. The van der Waals surface area contributed by atoms with Gasteiger partial charge in [0.25, 0.3) is 5.91 Å². The third-order valence-electron chi connectivity index (χ3n) is 4.01. The molecule has 8 heteroatoms. The van der Waals surface area contributed by atoms with E-state index in [-0.39, 0.29) is 22.8 Å². The van der Waals surface area contributed by atoms with E-state index in [0.717, 1.165) is 6.07 Å². The highest BCUT2D eigenvalue weighted by atomic mass is 16.6. The Morgan fingerprint density at radius 2 is 1.73 bits per heavy atom. The monoisotopic (exact) mass is 406 g/mol. The molecule has 8 nitrogen and oxygen atoms in total. The largest absolute Gasteiger partial charge is 0.508 e. The van der Waals surface area contributed by atoms with Crippen LogP contribution in [-0.4, -0.2) is 35.4 Å². The minimum atomic E-state index is -0.649. The van der Waals surface area contributed by atoms with Gasteiger partial charge >= 0.3 is 5.97 Å². The number of carbonyl (C=O) groups is 2. The van der Waals surface area contributed by atoms with Gasteiger partial charge in [0, 0.05) is 6.07 Å². The molecule has 0 radical (unpaired) electrons. The average Bonchev–Trinajstić information content (AvgIpc) is 2.75. The van der Waals surface area contributed by atoms with E-state index in [9.17, 15) is 19.8 Å². The van der Waals surface area contributed by atoms with E-state index in [4.69, 9.17) is 9.47 Å². The van der Waals surface area contributed by atoms with Crippen molar-refractivity contribution in [1.82, 2.24) is 5.43 Å². The van der Waals surface area contributed by atoms with E-state index in [1.165, 1.54) is 25.5 Å². The molecule has 0 spiro atoms. The first-order valence-corrected chi connectivity index (χ1v) is 8.78. The number of carbonyl (C=O) groups excluding carboxylic acids is 2. The predicted octanol–water partition coefficient (Wildman–Crippen LogP) is 3.09. The number of hydrazone groups is 1. The molecule has 152 valence electrons. The molecular weight excluding hydrogens is 388 g/mol. The van der Waals surface area contributed by atoms with E-state index in [1.54, 1.807) is 48.5 Å². The van der Waals surface area contributed by atoms with Crippen molar-refractivity contribution in [2.24, 2.45) is 5.10 Å². The number of hydrogen-bond acceptors (Lipinski definition) is 7. The summed E-state index contributed by atoms with van der Waals surface area (Å²) < 4.78 is 10.6. The minimum Gasteiger partial charge on any atom is -0.508 e. The Bertz CT molecular complexity index is 1100. The second-order valence-electron chi connectivity index (χ2n) is 6.07. The molecule has 0 fully saturated rings. The van der Waals surface area contributed by atoms with Crippen molar-refractivity contribution in [2.45, 2.75) is 0 Å². The highest BCUT2D eigenvalue weighted by Gasteiger charge is 2.13. The van der Waals surface area contributed by atoms with Crippen LogP contribution in [0.4, 0.5) is 0 Å². The van der Waals surface area contributed by atoms with E-state index >= 15 is 0 Å². The quantitative estimate of drug-likeness (QED) is 0.251. The molecule has 3 aromatic carbocycles. The van der Waals surface area contributed by atoms with Crippen LogP contribution in [-0.2, 0) is 0 Å². The first kappa shape index (κ1) is 20.4. The van der Waals surface area contributed by atoms with Gasteiger partial charge in [0.15, 0.2) is 11.5 Å². The summed E-state index contributed by atoms with van der Waals surface area (Å²) in [6.45, 7) is 0. The number of hydrogen-bond donors (Lipinski definition) is 3. The first-order chi connectivity index (χ1) is 14.5. The van der Waals surface area contributed by atoms with Gasteiger partial charge in [-0.1, -0.05) is 18.2 Å². The fourth-order valence-electron chi connectivity index (χ4n) is 2.52. The Kier molecular flexibility index (Phi) is 6.29. The van der Waals surface area contributed by atoms with Gasteiger partial charge in [-0.25, -0.2) is 10.2 Å². The number of amides is 1. The lowest BCUT2D eigenvalue weighted by atomic mass is 10.2. The van der Waals surface area contributed by atoms with Crippen LogP contribution in [0.15, 0.2) is 71.8 Å². The molecule has 3 rings (SSSR count). The molecule has 1 amide bonds. The number of aromatic hydroxyl groups is 2. The second kappa shape index (κ2) is 9.24. The number of ether oxygens (including phenoxy) is 2. The summed E-state index contributed by atoms with van der Waals surface area (Å²) in [5.74, 6) is -1.14. The van der Waals surface area contributed by atoms with E-state index in [2.05, 4.69) is 10.5 Å². The maximum atomic E-state index is 12.2. The molecule has 0 aliphatic heterocycles. The molecule has 0 aliphatic carbocycles. The summed E-state index contributed by atoms with van der Waals surface area (Å²) in [5.41, 5.74) is 3.22. The van der Waals surface area contributed by atoms with Crippen LogP contribution >= 0.6 is 0 Å². The molecule has 0 unspecified atom stereocenters. The number of phenols is 2. The third kappa shape index (κ3) is 4.93. The second-order valence-corrected chi connectivity index (χ2v) is 6.07. The van der Waals surface area contributed by atoms with Crippen LogP contribution in [0.5, 0.6) is 23.0 Å². The highest BCUT2D eigenvalue weighted by Crippen LogP contribution is 2.28. The normalized spacial score (nSPS) is 10.6. The predicted molar refractivity (Wildman–Crippen MR) is 109 cm³/mol. The zero-order valence-electron chi connectivity index (χ0n) is 15.9. The van der Waals surface area contributed by atoms with Crippen LogP contribution in [0.25, 0.3) is 0 Å². The number of phenolic OH excluding ortho intramolecular Hbond substituents is 2. The van der Waals surface area contributed by atoms with Gasteiger partial charge in [0.05, 0.1) is 24.5 Å². The molecule has 0 aromatic heterocycles. The average molecular weight is 406 g/mol. The van der Waals surface area contributed by atoms with Crippen LogP contribution in [0.1, 0.15) is 26.3 Å². The molecule has 0 bridgehead atoms. The van der Waals surface area contributed by atoms with Gasteiger partial charge in [-0.15, -0.1) is 0 Å². The summed E-state index contributed by atoms with van der Waals surface area (Å²) in [5, 5.41) is 22.8. The number of methoxy groups -OCH3 is 1. The maximum absolute atomic E-state index is 12.2. The number of nitrogens with one attached hydrogen (secondary N) is 1. The summed E-state index contributed by atoms with van der Waals surface area (Å²) >= 11 is 0. The Labute approximate surface area is 172 Å². The van der Waals surface area contributed by atoms with Gasteiger partial charge in [-0.05, 0) is 48.0 Å². The first-order valence-electron chi connectivity index (χ1n) is 8.78. The molecular formula is C22H18N2O6. The topological polar surface area (TPSA) is 117 Å². The van der Waals surface area contributed by atoms with Crippen LogP contribution in [0, 0.1) is 0 Å². The van der Waals surface area contributed by atoms with Crippen molar-refractivity contribution in [1.29, 1.82) is 0 Å². The lowest BCUT2D eigenvalue weighted by Gasteiger charge is -2.10. The third-order valence-corrected chi connectivity index (χ3v) is 4.01. The lowest BCUT2D eigenvalue weighted by Crippen LogP contribution is -2.17.